The average Bonchev–Trinajstić information content (AvgIpc) is 3.24. The molecule has 1 aromatic carbocycles. The smallest absolute Gasteiger partial charge is 0.328 e. The van der Waals surface area contributed by atoms with Gasteiger partial charge in [0.1, 0.15) is 12.1 Å². The third kappa shape index (κ3) is 7.79. The fourth-order valence-corrected chi connectivity index (χ4v) is 3.03. The predicted molar refractivity (Wildman–Crippen MR) is 116 cm³/mol. The van der Waals surface area contributed by atoms with Crippen LogP contribution in [0.1, 0.15) is 52.5 Å². The Morgan fingerprint density at radius 3 is 2.32 bits per heavy atom. The molecule has 3 N–H and O–H groups in total. The highest BCUT2D eigenvalue weighted by molar-refractivity contribution is 6.38. The van der Waals surface area contributed by atoms with Crippen molar-refractivity contribution >= 4 is 23.6 Å². The van der Waals surface area contributed by atoms with Crippen molar-refractivity contribution in [2.75, 3.05) is 13.2 Å². The van der Waals surface area contributed by atoms with Gasteiger partial charge in [-0.3, -0.25) is 14.4 Å². The number of carbonyl (C=O) groups excluding carboxylic acids is 3. The van der Waals surface area contributed by atoms with Gasteiger partial charge in [0.15, 0.2) is 0 Å². The molecule has 1 aliphatic rings. The quantitative estimate of drug-likeness (QED) is 0.474. The second kappa shape index (κ2) is 12.2. The molecule has 172 valence electrons. The molecular weight excluding hydrogens is 400 g/mol. The predicted octanol–water partition coefficient (Wildman–Crippen LogP) is 2.19. The van der Waals surface area contributed by atoms with Gasteiger partial charge < -0.3 is 20.5 Å². The summed E-state index contributed by atoms with van der Waals surface area (Å²) in [6, 6.07) is 7.95. The summed E-state index contributed by atoms with van der Waals surface area (Å²) in [5.74, 6) is -2.34. The standard InChI is InChI=1S/C14H23NO4.C9H11NO2/c1-5-14(3,4)11(16)12(17)15-9-7-8-10(15)13(18)19-6-2;10-8(9(11)12)6-7-4-2-1-3-5-7/h10H,5-9H2,1-4H3;1-5,8H,6,10H2,(H,11,12)/t10-;8-/m00/s1. The van der Waals surface area contributed by atoms with Crippen LogP contribution < -0.4 is 5.73 Å². The molecule has 0 aromatic heterocycles. The van der Waals surface area contributed by atoms with Crippen LogP contribution in [0.15, 0.2) is 30.3 Å². The maximum absolute atomic E-state index is 12.2. The summed E-state index contributed by atoms with van der Waals surface area (Å²) in [5.41, 5.74) is 5.62. The number of carbonyl (C=O) groups is 4. The summed E-state index contributed by atoms with van der Waals surface area (Å²) >= 11 is 0. The number of likely N-dealkylation sites (tertiary alicyclic amines) is 1. The number of nitrogens with two attached hydrogens (primary N) is 1. The number of benzene rings is 1. The zero-order chi connectivity index (χ0) is 23.6. The van der Waals surface area contributed by atoms with E-state index in [1.54, 1.807) is 20.8 Å². The van der Waals surface area contributed by atoms with E-state index >= 15 is 0 Å². The van der Waals surface area contributed by atoms with Gasteiger partial charge in [-0.25, -0.2) is 4.79 Å². The van der Waals surface area contributed by atoms with Crippen LogP contribution in [0.3, 0.4) is 0 Å². The molecule has 1 heterocycles. The topological polar surface area (TPSA) is 127 Å². The van der Waals surface area contributed by atoms with Gasteiger partial charge in [-0.05, 0) is 38.2 Å². The number of rotatable bonds is 8. The van der Waals surface area contributed by atoms with E-state index in [1.165, 1.54) is 4.90 Å². The van der Waals surface area contributed by atoms with Crippen molar-refractivity contribution in [1.29, 1.82) is 0 Å². The minimum absolute atomic E-state index is 0.283. The Hall–Kier alpha value is -2.74. The van der Waals surface area contributed by atoms with E-state index in [2.05, 4.69) is 0 Å². The number of carboxylic acids is 1. The van der Waals surface area contributed by atoms with Crippen molar-refractivity contribution in [2.24, 2.45) is 11.1 Å². The fraction of sp³-hybridized carbons (Fsp3) is 0.565. The number of ketones is 1. The average molecular weight is 435 g/mol. The Morgan fingerprint density at radius 2 is 1.81 bits per heavy atom. The maximum atomic E-state index is 12.2. The first kappa shape index (κ1) is 26.3. The second-order valence-corrected chi connectivity index (χ2v) is 8.11. The van der Waals surface area contributed by atoms with Gasteiger partial charge in [0.2, 0.25) is 5.78 Å². The highest BCUT2D eigenvalue weighted by Gasteiger charge is 2.41. The Kier molecular flexibility index (Phi) is 10.3. The number of ether oxygens (including phenoxy) is 1. The lowest BCUT2D eigenvalue weighted by Gasteiger charge is -2.27. The van der Waals surface area contributed by atoms with Crippen LogP contribution in [0.4, 0.5) is 0 Å². The summed E-state index contributed by atoms with van der Waals surface area (Å²) in [5, 5.41) is 8.52. The highest BCUT2D eigenvalue weighted by atomic mass is 16.5. The fourth-order valence-electron chi connectivity index (χ4n) is 3.03. The van der Waals surface area contributed by atoms with Crippen molar-refractivity contribution in [1.82, 2.24) is 4.90 Å². The molecule has 0 spiro atoms. The van der Waals surface area contributed by atoms with Crippen molar-refractivity contribution in [3.05, 3.63) is 35.9 Å². The lowest BCUT2D eigenvalue weighted by molar-refractivity contribution is -0.157. The lowest BCUT2D eigenvalue weighted by Crippen LogP contribution is -2.47. The molecule has 1 aliphatic heterocycles. The summed E-state index contributed by atoms with van der Waals surface area (Å²) in [7, 11) is 0. The first-order chi connectivity index (χ1) is 14.5. The molecule has 2 rings (SSSR count). The molecule has 0 bridgehead atoms. The molecule has 8 nitrogen and oxygen atoms in total. The first-order valence-electron chi connectivity index (χ1n) is 10.6. The molecule has 1 aromatic rings. The molecule has 1 amide bonds. The van der Waals surface area contributed by atoms with Crippen LogP contribution in [0.25, 0.3) is 0 Å². The first-order valence-corrected chi connectivity index (χ1v) is 10.6. The van der Waals surface area contributed by atoms with E-state index in [0.29, 0.717) is 25.8 Å². The molecule has 2 atom stereocenters. The molecular formula is C23H34N2O6. The number of hydrogen-bond acceptors (Lipinski definition) is 6. The van der Waals surface area contributed by atoms with E-state index < -0.39 is 41.1 Å². The van der Waals surface area contributed by atoms with Crippen LogP contribution in [-0.4, -0.2) is 58.9 Å². The monoisotopic (exact) mass is 434 g/mol. The second-order valence-electron chi connectivity index (χ2n) is 8.11. The van der Waals surface area contributed by atoms with E-state index in [-0.39, 0.29) is 6.61 Å². The summed E-state index contributed by atoms with van der Waals surface area (Å²) in [6.45, 7) is 7.84. The Bertz CT molecular complexity index is 763. The zero-order valence-corrected chi connectivity index (χ0v) is 18.8. The third-order valence-corrected chi connectivity index (χ3v) is 5.38. The highest BCUT2D eigenvalue weighted by Crippen LogP contribution is 2.25. The van der Waals surface area contributed by atoms with E-state index in [0.717, 1.165) is 12.0 Å². The number of carboxylic acid groups (broad SMARTS) is 1. The lowest BCUT2D eigenvalue weighted by atomic mass is 9.84. The Balaban J connectivity index is 0.000000343. The summed E-state index contributed by atoms with van der Waals surface area (Å²) in [4.78, 5) is 47.9. The number of hydrogen-bond donors (Lipinski definition) is 2. The van der Waals surface area contributed by atoms with Crippen LogP contribution in [0.2, 0.25) is 0 Å². The molecule has 0 radical (unpaired) electrons. The van der Waals surface area contributed by atoms with Crippen LogP contribution >= 0.6 is 0 Å². The van der Waals surface area contributed by atoms with Gasteiger partial charge in [-0.1, -0.05) is 51.1 Å². The molecule has 1 saturated heterocycles. The Morgan fingerprint density at radius 1 is 1.19 bits per heavy atom. The molecule has 1 fully saturated rings. The maximum Gasteiger partial charge on any atom is 0.328 e. The number of amides is 1. The minimum Gasteiger partial charge on any atom is -0.480 e. The number of nitrogens with zero attached hydrogens (tertiary/aromatic N) is 1. The van der Waals surface area contributed by atoms with E-state index in [4.69, 9.17) is 15.6 Å². The number of esters is 1. The molecule has 31 heavy (non-hydrogen) atoms. The molecule has 0 unspecified atom stereocenters. The van der Waals surface area contributed by atoms with Crippen LogP contribution in [-0.2, 0) is 30.3 Å². The zero-order valence-electron chi connectivity index (χ0n) is 18.8. The van der Waals surface area contributed by atoms with Gasteiger partial charge in [0, 0.05) is 12.0 Å². The van der Waals surface area contributed by atoms with E-state index in [1.807, 2.05) is 37.3 Å². The number of aliphatic carboxylic acids is 1. The third-order valence-electron chi connectivity index (χ3n) is 5.38. The van der Waals surface area contributed by atoms with Crippen molar-refractivity contribution in [3.63, 3.8) is 0 Å². The van der Waals surface area contributed by atoms with E-state index in [9.17, 15) is 19.2 Å². The largest absolute Gasteiger partial charge is 0.480 e. The van der Waals surface area contributed by atoms with Crippen molar-refractivity contribution in [3.8, 4) is 0 Å². The Labute approximate surface area is 183 Å². The molecule has 0 aliphatic carbocycles. The van der Waals surface area contributed by atoms with Gasteiger partial charge in [-0.2, -0.15) is 0 Å². The van der Waals surface area contributed by atoms with Crippen LogP contribution in [0.5, 0.6) is 0 Å². The van der Waals surface area contributed by atoms with Gasteiger partial charge >= 0.3 is 11.9 Å². The number of Topliss-reactive ketones (excluding diaryl/α,β-unsaturated/α-hetero) is 1. The summed E-state index contributed by atoms with van der Waals surface area (Å²) < 4.78 is 4.95. The van der Waals surface area contributed by atoms with Gasteiger partial charge in [0.25, 0.3) is 5.91 Å². The molecule has 0 saturated carbocycles. The van der Waals surface area contributed by atoms with Crippen LogP contribution in [0, 0.1) is 5.41 Å². The van der Waals surface area contributed by atoms with Gasteiger partial charge in [0.05, 0.1) is 6.61 Å². The van der Waals surface area contributed by atoms with Crippen molar-refractivity contribution in [2.45, 2.75) is 65.5 Å². The SMILES string of the molecule is CCOC(=O)[C@@H]1CCCN1C(=O)C(=O)C(C)(C)CC.N[C@@H](Cc1ccccc1)C(=O)O. The minimum atomic E-state index is -0.959. The van der Waals surface area contributed by atoms with Crippen molar-refractivity contribution < 1.29 is 29.0 Å². The summed E-state index contributed by atoms with van der Waals surface area (Å²) in [6.07, 6.45) is 2.28. The normalized spacial score (nSPS) is 16.7. The van der Waals surface area contributed by atoms with Gasteiger partial charge in [-0.15, -0.1) is 0 Å². The molecule has 8 heteroatoms.